The van der Waals surface area contributed by atoms with Gasteiger partial charge in [0.05, 0.1) is 0 Å². The van der Waals surface area contributed by atoms with Crippen molar-refractivity contribution in [2.45, 2.75) is 13.3 Å². The molecule has 0 saturated carbocycles. The van der Waals surface area contributed by atoms with Crippen LogP contribution in [0, 0.1) is 6.92 Å². The second-order valence-electron chi connectivity index (χ2n) is 3.31. The first kappa shape index (κ1) is 9.79. The summed E-state index contributed by atoms with van der Waals surface area (Å²) < 4.78 is 1.30. The van der Waals surface area contributed by atoms with Crippen LogP contribution >= 0.6 is 0 Å². The summed E-state index contributed by atoms with van der Waals surface area (Å²) in [6.45, 7) is 2.26. The Bertz CT molecular complexity index is 547. The minimum Gasteiger partial charge on any atom is -0.330 e. The van der Waals surface area contributed by atoms with Gasteiger partial charge in [0.15, 0.2) is 5.65 Å². The number of aryl methyl sites for hydroxylation is 1. The zero-order chi connectivity index (χ0) is 10.8. The third kappa shape index (κ3) is 1.61. The van der Waals surface area contributed by atoms with E-state index in [0.717, 1.165) is 5.69 Å². The number of nitrogens with zero attached hydrogens (tertiary/aromatic N) is 3. The van der Waals surface area contributed by atoms with Gasteiger partial charge in [-0.3, -0.25) is 4.79 Å². The monoisotopic (exact) mass is 204 g/mol. The van der Waals surface area contributed by atoms with Crippen molar-refractivity contribution in [3.63, 3.8) is 0 Å². The molecule has 0 bridgehead atoms. The van der Waals surface area contributed by atoms with E-state index in [9.17, 15) is 4.79 Å². The molecule has 2 heterocycles. The van der Waals surface area contributed by atoms with Gasteiger partial charge in [-0.05, 0) is 32.0 Å². The van der Waals surface area contributed by atoms with Gasteiger partial charge in [0.2, 0.25) is 0 Å². The third-order valence-electron chi connectivity index (χ3n) is 2.29. The standard InChI is InChI=1S/C10H12N4O/c1-7-8(4-5-11)10(15)14-9(13-7)3-2-6-12-14/h2-3,6H,4-5,11H2,1H3. The summed E-state index contributed by atoms with van der Waals surface area (Å²) >= 11 is 0. The minimum atomic E-state index is -0.122. The van der Waals surface area contributed by atoms with Gasteiger partial charge in [0.1, 0.15) is 0 Å². The Morgan fingerprint density at radius 1 is 1.53 bits per heavy atom. The van der Waals surface area contributed by atoms with Gasteiger partial charge in [-0.1, -0.05) is 0 Å². The zero-order valence-corrected chi connectivity index (χ0v) is 8.47. The first-order valence-electron chi connectivity index (χ1n) is 4.77. The number of aromatic nitrogens is 3. The smallest absolute Gasteiger partial charge is 0.277 e. The van der Waals surface area contributed by atoms with Crippen molar-refractivity contribution in [3.8, 4) is 0 Å². The molecule has 2 aromatic heterocycles. The highest BCUT2D eigenvalue weighted by atomic mass is 16.1. The molecule has 15 heavy (non-hydrogen) atoms. The largest absolute Gasteiger partial charge is 0.330 e. The Hall–Kier alpha value is -1.75. The van der Waals surface area contributed by atoms with Gasteiger partial charge in [0, 0.05) is 17.5 Å². The Balaban J connectivity index is 2.78. The zero-order valence-electron chi connectivity index (χ0n) is 8.47. The van der Waals surface area contributed by atoms with Crippen LogP contribution in [-0.4, -0.2) is 21.1 Å². The summed E-state index contributed by atoms with van der Waals surface area (Å²) in [4.78, 5) is 16.2. The quantitative estimate of drug-likeness (QED) is 0.741. The molecule has 78 valence electrons. The topological polar surface area (TPSA) is 73.3 Å². The van der Waals surface area contributed by atoms with Gasteiger partial charge < -0.3 is 5.73 Å². The fourth-order valence-electron chi connectivity index (χ4n) is 1.56. The van der Waals surface area contributed by atoms with Crippen LogP contribution in [0.15, 0.2) is 23.1 Å². The van der Waals surface area contributed by atoms with Gasteiger partial charge >= 0.3 is 0 Å². The summed E-state index contributed by atoms with van der Waals surface area (Å²) in [5, 5.41) is 3.97. The lowest BCUT2D eigenvalue weighted by Crippen LogP contribution is -2.25. The molecule has 2 rings (SSSR count). The Labute approximate surface area is 86.6 Å². The first-order valence-corrected chi connectivity index (χ1v) is 4.77. The average Bonchev–Trinajstić information content (AvgIpc) is 2.24. The highest BCUT2D eigenvalue weighted by molar-refractivity contribution is 5.38. The molecule has 0 unspecified atom stereocenters. The van der Waals surface area contributed by atoms with E-state index in [4.69, 9.17) is 5.73 Å². The molecule has 0 saturated heterocycles. The van der Waals surface area contributed by atoms with Crippen molar-refractivity contribution < 1.29 is 0 Å². The summed E-state index contributed by atoms with van der Waals surface area (Å²) in [6.07, 6.45) is 2.11. The van der Waals surface area contributed by atoms with Crippen molar-refractivity contribution in [1.29, 1.82) is 0 Å². The van der Waals surface area contributed by atoms with Gasteiger partial charge in [-0.2, -0.15) is 9.61 Å². The van der Waals surface area contributed by atoms with E-state index < -0.39 is 0 Å². The molecular weight excluding hydrogens is 192 g/mol. The summed E-state index contributed by atoms with van der Waals surface area (Å²) in [5.41, 5.74) is 7.28. The lowest BCUT2D eigenvalue weighted by molar-refractivity contribution is 0.813. The predicted octanol–water partition coefficient (Wildman–Crippen LogP) is -0.101. The maximum Gasteiger partial charge on any atom is 0.277 e. The van der Waals surface area contributed by atoms with Gasteiger partial charge in [-0.25, -0.2) is 4.98 Å². The predicted molar refractivity (Wildman–Crippen MR) is 56.8 cm³/mol. The second-order valence-corrected chi connectivity index (χ2v) is 3.31. The van der Waals surface area contributed by atoms with Crippen LogP contribution in [0.4, 0.5) is 0 Å². The molecule has 2 N–H and O–H groups in total. The third-order valence-corrected chi connectivity index (χ3v) is 2.29. The van der Waals surface area contributed by atoms with Crippen LogP contribution < -0.4 is 11.3 Å². The molecule has 0 aromatic carbocycles. The highest BCUT2D eigenvalue weighted by Gasteiger charge is 2.08. The van der Waals surface area contributed by atoms with Crippen molar-refractivity contribution in [2.24, 2.45) is 5.73 Å². The van der Waals surface area contributed by atoms with Crippen molar-refractivity contribution in [1.82, 2.24) is 14.6 Å². The van der Waals surface area contributed by atoms with E-state index in [1.165, 1.54) is 4.52 Å². The number of nitrogens with two attached hydrogens (primary N) is 1. The molecule has 5 nitrogen and oxygen atoms in total. The van der Waals surface area contributed by atoms with Crippen LogP contribution in [0.3, 0.4) is 0 Å². The Kier molecular flexibility index (Phi) is 2.47. The van der Waals surface area contributed by atoms with Crippen LogP contribution in [0.5, 0.6) is 0 Å². The number of fused-ring (bicyclic) bond motifs is 1. The van der Waals surface area contributed by atoms with Crippen LogP contribution in [-0.2, 0) is 6.42 Å². The van der Waals surface area contributed by atoms with Crippen LogP contribution in [0.2, 0.25) is 0 Å². The van der Waals surface area contributed by atoms with E-state index in [-0.39, 0.29) is 5.56 Å². The number of rotatable bonds is 2. The first-order chi connectivity index (χ1) is 7.24. The number of hydrogen-bond donors (Lipinski definition) is 1. The fraction of sp³-hybridized carbons (Fsp3) is 0.300. The van der Waals surface area contributed by atoms with Crippen molar-refractivity contribution in [2.75, 3.05) is 6.54 Å². The Morgan fingerprint density at radius 3 is 3.07 bits per heavy atom. The molecule has 0 amide bonds. The molecule has 0 radical (unpaired) electrons. The van der Waals surface area contributed by atoms with E-state index in [1.54, 1.807) is 18.3 Å². The number of hydrogen-bond acceptors (Lipinski definition) is 4. The van der Waals surface area contributed by atoms with Crippen molar-refractivity contribution in [3.05, 3.63) is 39.9 Å². The van der Waals surface area contributed by atoms with E-state index in [0.29, 0.717) is 24.2 Å². The van der Waals surface area contributed by atoms with E-state index >= 15 is 0 Å². The molecule has 0 aliphatic rings. The molecule has 0 atom stereocenters. The Morgan fingerprint density at radius 2 is 2.33 bits per heavy atom. The molecule has 0 fully saturated rings. The SMILES string of the molecule is Cc1nc2cccnn2c(=O)c1CCN. The van der Waals surface area contributed by atoms with Crippen LogP contribution in [0.25, 0.3) is 5.65 Å². The minimum absolute atomic E-state index is 0.122. The van der Waals surface area contributed by atoms with Gasteiger partial charge in [0.25, 0.3) is 5.56 Å². The fourth-order valence-corrected chi connectivity index (χ4v) is 1.56. The summed E-state index contributed by atoms with van der Waals surface area (Å²) in [5.74, 6) is 0. The molecular formula is C10H12N4O. The van der Waals surface area contributed by atoms with E-state index in [2.05, 4.69) is 10.1 Å². The van der Waals surface area contributed by atoms with Crippen molar-refractivity contribution >= 4 is 5.65 Å². The summed E-state index contributed by atoms with van der Waals surface area (Å²) in [6, 6.07) is 3.51. The lowest BCUT2D eigenvalue weighted by atomic mass is 10.2. The van der Waals surface area contributed by atoms with Crippen LogP contribution in [0.1, 0.15) is 11.3 Å². The molecule has 2 aromatic rings. The maximum absolute atomic E-state index is 11.9. The lowest BCUT2D eigenvalue weighted by Gasteiger charge is -2.05. The highest BCUT2D eigenvalue weighted by Crippen LogP contribution is 2.02. The average molecular weight is 204 g/mol. The molecule has 5 heteroatoms. The maximum atomic E-state index is 11.9. The molecule has 0 aliphatic carbocycles. The normalized spacial score (nSPS) is 10.8. The molecule has 0 aliphatic heterocycles. The second kappa shape index (κ2) is 3.78. The van der Waals surface area contributed by atoms with Gasteiger partial charge in [-0.15, -0.1) is 0 Å². The summed E-state index contributed by atoms with van der Waals surface area (Å²) in [7, 11) is 0. The van der Waals surface area contributed by atoms with E-state index in [1.807, 2.05) is 6.92 Å². The molecule has 0 spiro atoms.